The quantitative estimate of drug-likeness (QED) is 0.848. The third-order valence-corrected chi connectivity index (χ3v) is 3.07. The number of nitrogens with one attached hydrogen (secondary N) is 1. The molecular weight excluding hydrogens is 244 g/mol. The zero-order chi connectivity index (χ0) is 14.6. The first-order chi connectivity index (χ1) is 8.81. The molecule has 5 nitrogen and oxygen atoms in total. The highest BCUT2D eigenvalue weighted by Crippen LogP contribution is 2.15. The van der Waals surface area contributed by atoms with Gasteiger partial charge >= 0.3 is 5.97 Å². The number of carbonyl (C=O) groups excluding carboxylic acids is 1. The fraction of sp³-hybridized carbons (Fsp3) is 0.429. The molecule has 1 aromatic carbocycles. The Morgan fingerprint density at radius 2 is 2.00 bits per heavy atom. The van der Waals surface area contributed by atoms with Gasteiger partial charge in [-0.2, -0.15) is 0 Å². The maximum atomic E-state index is 11.8. The molecule has 0 heterocycles. The standard InChI is InChI=1S/C14H20N2O3/c1-9-5-6-12(10(2)7-9)15-13(17)8-16(4)11(3)14(18)19/h5-7,11H,8H2,1-4H3,(H,15,17)(H,18,19). The largest absolute Gasteiger partial charge is 0.480 e. The van der Waals surface area contributed by atoms with E-state index in [0.29, 0.717) is 0 Å². The lowest BCUT2D eigenvalue weighted by molar-refractivity contribution is -0.142. The number of likely N-dealkylation sites (N-methyl/N-ethyl adjacent to an activating group) is 1. The van der Waals surface area contributed by atoms with Crippen molar-refractivity contribution < 1.29 is 14.7 Å². The fourth-order valence-electron chi connectivity index (χ4n) is 1.70. The van der Waals surface area contributed by atoms with Crippen molar-refractivity contribution in [3.63, 3.8) is 0 Å². The Kier molecular flexibility index (Phi) is 5.06. The summed E-state index contributed by atoms with van der Waals surface area (Å²) in [7, 11) is 1.61. The first-order valence-electron chi connectivity index (χ1n) is 6.11. The molecule has 104 valence electrons. The Morgan fingerprint density at radius 3 is 2.53 bits per heavy atom. The van der Waals surface area contributed by atoms with Crippen molar-refractivity contribution >= 4 is 17.6 Å². The van der Waals surface area contributed by atoms with E-state index in [1.165, 1.54) is 4.90 Å². The SMILES string of the molecule is Cc1ccc(NC(=O)CN(C)C(C)C(=O)O)c(C)c1. The summed E-state index contributed by atoms with van der Waals surface area (Å²) in [5.41, 5.74) is 2.88. The normalized spacial score (nSPS) is 12.3. The molecule has 1 unspecified atom stereocenters. The smallest absolute Gasteiger partial charge is 0.320 e. The van der Waals surface area contributed by atoms with Gasteiger partial charge in [-0.05, 0) is 39.4 Å². The molecule has 0 fully saturated rings. The number of aryl methyl sites for hydroxylation is 2. The highest BCUT2D eigenvalue weighted by molar-refractivity contribution is 5.93. The second-order valence-electron chi connectivity index (χ2n) is 4.80. The second-order valence-corrected chi connectivity index (χ2v) is 4.80. The molecule has 0 bridgehead atoms. The minimum absolute atomic E-state index is 0.0424. The molecule has 0 aliphatic carbocycles. The van der Waals surface area contributed by atoms with Crippen LogP contribution in [-0.2, 0) is 9.59 Å². The Bertz CT molecular complexity index is 486. The van der Waals surface area contributed by atoms with Crippen molar-refractivity contribution in [2.24, 2.45) is 0 Å². The van der Waals surface area contributed by atoms with Gasteiger partial charge in [-0.3, -0.25) is 14.5 Å². The van der Waals surface area contributed by atoms with Crippen molar-refractivity contribution in [1.82, 2.24) is 4.90 Å². The summed E-state index contributed by atoms with van der Waals surface area (Å²) in [4.78, 5) is 24.1. The van der Waals surface area contributed by atoms with E-state index in [9.17, 15) is 9.59 Å². The maximum Gasteiger partial charge on any atom is 0.320 e. The van der Waals surface area contributed by atoms with Gasteiger partial charge in [-0.15, -0.1) is 0 Å². The number of carboxylic acids is 1. The number of carbonyl (C=O) groups is 2. The molecule has 0 radical (unpaired) electrons. The summed E-state index contributed by atoms with van der Waals surface area (Å²) in [6.45, 7) is 5.50. The number of nitrogens with zero attached hydrogens (tertiary/aromatic N) is 1. The van der Waals surface area contributed by atoms with E-state index in [-0.39, 0.29) is 12.5 Å². The van der Waals surface area contributed by atoms with Gasteiger partial charge in [0.1, 0.15) is 6.04 Å². The zero-order valence-electron chi connectivity index (χ0n) is 11.7. The van der Waals surface area contributed by atoms with Crippen LogP contribution < -0.4 is 5.32 Å². The molecule has 5 heteroatoms. The molecule has 2 N–H and O–H groups in total. The Hall–Kier alpha value is -1.88. The number of amides is 1. The number of carboxylic acid groups (broad SMARTS) is 1. The summed E-state index contributed by atoms with van der Waals surface area (Å²) in [6, 6.07) is 5.07. The number of aliphatic carboxylic acids is 1. The molecule has 0 saturated heterocycles. The van der Waals surface area contributed by atoms with E-state index >= 15 is 0 Å². The van der Waals surface area contributed by atoms with Gasteiger partial charge in [-0.1, -0.05) is 17.7 Å². The van der Waals surface area contributed by atoms with E-state index in [2.05, 4.69) is 5.32 Å². The fourth-order valence-corrected chi connectivity index (χ4v) is 1.70. The lowest BCUT2D eigenvalue weighted by Gasteiger charge is -2.20. The Balaban J connectivity index is 2.63. The van der Waals surface area contributed by atoms with Crippen LogP contribution in [0.5, 0.6) is 0 Å². The summed E-state index contributed by atoms with van der Waals surface area (Å²) in [6.07, 6.45) is 0. The number of rotatable bonds is 5. The second kappa shape index (κ2) is 6.33. The number of hydrogen-bond acceptors (Lipinski definition) is 3. The van der Waals surface area contributed by atoms with Gasteiger partial charge in [0.2, 0.25) is 5.91 Å². The molecule has 1 amide bonds. The van der Waals surface area contributed by atoms with Gasteiger partial charge < -0.3 is 10.4 Å². The summed E-state index contributed by atoms with van der Waals surface area (Å²) < 4.78 is 0. The topological polar surface area (TPSA) is 69.6 Å². The average Bonchev–Trinajstić information content (AvgIpc) is 2.31. The van der Waals surface area contributed by atoms with Crippen molar-refractivity contribution in [3.8, 4) is 0 Å². The minimum Gasteiger partial charge on any atom is -0.480 e. The Labute approximate surface area is 113 Å². The predicted octanol–water partition coefficient (Wildman–Crippen LogP) is 1.65. The number of anilines is 1. The molecule has 1 atom stereocenters. The highest BCUT2D eigenvalue weighted by Gasteiger charge is 2.19. The first kappa shape index (κ1) is 15.2. The van der Waals surface area contributed by atoms with Gasteiger partial charge in [0.05, 0.1) is 6.54 Å². The van der Waals surface area contributed by atoms with Crippen LogP contribution in [0.25, 0.3) is 0 Å². The molecule has 0 aliphatic heterocycles. The number of benzene rings is 1. The molecule has 0 saturated carbocycles. The lowest BCUT2D eigenvalue weighted by Crippen LogP contribution is -2.40. The van der Waals surface area contributed by atoms with E-state index in [1.807, 2.05) is 32.0 Å². The zero-order valence-corrected chi connectivity index (χ0v) is 11.7. The van der Waals surface area contributed by atoms with Crippen LogP contribution in [0.3, 0.4) is 0 Å². The van der Waals surface area contributed by atoms with Crippen LogP contribution >= 0.6 is 0 Å². The van der Waals surface area contributed by atoms with E-state index in [1.54, 1.807) is 14.0 Å². The summed E-state index contributed by atoms with van der Waals surface area (Å²) in [5.74, 6) is -1.16. The van der Waals surface area contributed by atoms with Gasteiger partial charge in [0.25, 0.3) is 0 Å². The molecular formula is C14H20N2O3. The molecule has 1 rings (SSSR count). The average molecular weight is 264 g/mol. The van der Waals surface area contributed by atoms with Crippen LogP contribution in [0.4, 0.5) is 5.69 Å². The third-order valence-electron chi connectivity index (χ3n) is 3.07. The first-order valence-corrected chi connectivity index (χ1v) is 6.11. The molecule has 1 aromatic rings. The summed E-state index contributed by atoms with van der Waals surface area (Å²) >= 11 is 0. The van der Waals surface area contributed by atoms with Crippen molar-refractivity contribution in [3.05, 3.63) is 29.3 Å². The van der Waals surface area contributed by atoms with Crippen molar-refractivity contribution in [2.75, 3.05) is 18.9 Å². The molecule has 0 aliphatic rings. The maximum absolute atomic E-state index is 11.8. The highest BCUT2D eigenvalue weighted by atomic mass is 16.4. The van der Waals surface area contributed by atoms with Gasteiger partial charge in [-0.25, -0.2) is 0 Å². The van der Waals surface area contributed by atoms with Crippen molar-refractivity contribution in [2.45, 2.75) is 26.8 Å². The minimum atomic E-state index is -0.943. The third kappa shape index (κ3) is 4.37. The van der Waals surface area contributed by atoms with Crippen LogP contribution in [-0.4, -0.2) is 41.5 Å². The predicted molar refractivity (Wildman–Crippen MR) is 74.3 cm³/mol. The van der Waals surface area contributed by atoms with E-state index in [4.69, 9.17) is 5.11 Å². The van der Waals surface area contributed by atoms with Crippen molar-refractivity contribution in [1.29, 1.82) is 0 Å². The molecule has 19 heavy (non-hydrogen) atoms. The van der Waals surface area contributed by atoms with Crippen LogP contribution in [0.1, 0.15) is 18.1 Å². The van der Waals surface area contributed by atoms with Gasteiger partial charge in [0.15, 0.2) is 0 Å². The Morgan fingerprint density at radius 1 is 1.37 bits per heavy atom. The molecule has 0 aromatic heterocycles. The van der Waals surface area contributed by atoms with Crippen LogP contribution in [0.2, 0.25) is 0 Å². The van der Waals surface area contributed by atoms with Crippen LogP contribution in [0.15, 0.2) is 18.2 Å². The monoisotopic (exact) mass is 264 g/mol. The lowest BCUT2D eigenvalue weighted by atomic mass is 10.1. The van der Waals surface area contributed by atoms with E-state index < -0.39 is 12.0 Å². The van der Waals surface area contributed by atoms with E-state index in [0.717, 1.165) is 16.8 Å². The molecule has 0 spiro atoms. The van der Waals surface area contributed by atoms with Crippen LogP contribution in [0, 0.1) is 13.8 Å². The van der Waals surface area contributed by atoms with Gasteiger partial charge in [0, 0.05) is 5.69 Å². The summed E-state index contributed by atoms with van der Waals surface area (Å²) in [5, 5.41) is 11.6. The number of hydrogen-bond donors (Lipinski definition) is 2.